The van der Waals surface area contributed by atoms with Gasteiger partial charge in [0.25, 0.3) is 5.91 Å². The Morgan fingerprint density at radius 3 is 2.44 bits per heavy atom. The minimum atomic E-state index is -4.04. The Morgan fingerprint density at radius 2 is 1.79 bits per heavy atom. The molecule has 2 aliphatic carbocycles. The van der Waals surface area contributed by atoms with Gasteiger partial charge in [-0.1, -0.05) is 17.7 Å². The summed E-state index contributed by atoms with van der Waals surface area (Å²) in [5.41, 5.74) is -0.429. The van der Waals surface area contributed by atoms with E-state index < -0.39 is 56.2 Å². The van der Waals surface area contributed by atoms with Crippen LogP contribution >= 0.6 is 11.6 Å². The number of rotatable bonds is 6. The standard InChI is InChI=1S/C28H27ClF2N2O5S/c1-15-3-2-10-32-25(15)26(34)28(36)17-5-6-18(28)13-20(12-17)39(37,38)24-11-16(4-8-21(24)29)27(35)33-19-7-9-22(30)23(31)14-19/h2-4,7-11,14,17-18,20,26,34,36H,5-6,12-13H2,1H3,(H,33,35)/t17-,18+,20?,26?,28?. The second-order valence-corrected chi connectivity index (χ2v) is 12.9. The van der Waals surface area contributed by atoms with Gasteiger partial charge in [0.1, 0.15) is 11.7 Å². The van der Waals surface area contributed by atoms with E-state index in [2.05, 4.69) is 10.3 Å². The first kappa shape index (κ1) is 27.6. The van der Waals surface area contributed by atoms with Crippen molar-refractivity contribution in [1.29, 1.82) is 0 Å². The van der Waals surface area contributed by atoms with Crippen molar-refractivity contribution < 1.29 is 32.2 Å². The predicted octanol–water partition coefficient (Wildman–Crippen LogP) is 5.00. The molecule has 3 aromatic rings. The SMILES string of the molecule is Cc1cccnc1C(O)C1(O)[C@@H]2CC[C@H]1CC(S(=O)(=O)c1cc(C(=O)Nc3ccc(F)c(F)c3)ccc1Cl)C2. The van der Waals surface area contributed by atoms with E-state index in [0.29, 0.717) is 18.5 Å². The Morgan fingerprint density at radius 1 is 1.10 bits per heavy atom. The number of carbonyl (C=O) groups excluding carboxylic acids is 1. The van der Waals surface area contributed by atoms with Crippen molar-refractivity contribution in [2.45, 2.75) is 54.5 Å². The third-order valence-corrected chi connectivity index (χ3v) is 10.8. The van der Waals surface area contributed by atoms with E-state index in [1.165, 1.54) is 24.3 Å². The number of nitrogens with one attached hydrogen (secondary N) is 1. The fraction of sp³-hybridized carbons (Fsp3) is 0.357. The number of hydrogen-bond acceptors (Lipinski definition) is 6. The minimum Gasteiger partial charge on any atom is -0.386 e. The van der Waals surface area contributed by atoms with Crippen LogP contribution in [0.3, 0.4) is 0 Å². The average molecular weight is 577 g/mol. The highest BCUT2D eigenvalue weighted by molar-refractivity contribution is 7.92. The first-order valence-corrected chi connectivity index (χ1v) is 14.5. The van der Waals surface area contributed by atoms with Crippen molar-refractivity contribution in [2.24, 2.45) is 11.8 Å². The first-order valence-electron chi connectivity index (χ1n) is 12.5. The summed E-state index contributed by atoms with van der Waals surface area (Å²) >= 11 is 6.30. The molecule has 7 nitrogen and oxygen atoms in total. The Bertz CT molecular complexity index is 1540. The molecule has 2 bridgehead atoms. The molecule has 39 heavy (non-hydrogen) atoms. The molecule has 206 valence electrons. The molecule has 1 amide bonds. The van der Waals surface area contributed by atoms with Crippen molar-refractivity contribution in [3.63, 3.8) is 0 Å². The molecule has 2 saturated carbocycles. The molecule has 3 N–H and O–H groups in total. The second kappa shape index (κ2) is 10.2. The van der Waals surface area contributed by atoms with Crippen LogP contribution in [-0.4, -0.2) is 40.4 Å². The number of anilines is 1. The zero-order chi connectivity index (χ0) is 28.1. The number of aliphatic hydroxyl groups is 2. The number of benzene rings is 2. The van der Waals surface area contributed by atoms with E-state index in [-0.39, 0.29) is 34.0 Å². The topological polar surface area (TPSA) is 117 Å². The van der Waals surface area contributed by atoms with Crippen molar-refractivity contribution in [3.8, 4) is 0 Å². The van der Waals surface area contributed by atoms with Crippen molar-refractivity contribution >= 4 is 33.0 Å². The number of carbonyl (C=O) groups is 1. The highest BCUT2D eigenvalue weighted by atomic mass is 35.5. The lowest BCUT2D eigenvalue weighted by molar-refractivity contribution is -0.146. The normalized spacial score (nSPS) is 25.3. The minimum absolute atomic E-state index is 0.00287. The Hall–Kier alpha value is -2.92. The highest BCUT2D eigenvalue weighted by Gasteiger charge is 2.59. The summed E-state index contributed by atoms with van der Waals surface area (Å²) in [6.45, 7) is 1.80. The van der Waals surface area contributed by atoms with Gasteiger partial charge in [-0.05, 0) is 86.4 Å². The van der Waals surface area contributed by atoms with Gasteiger partial charge in [-0.25, -0.2) is 17.2 Å². The number of hydrogen-bond donors (Lipinski definition) is 3. The summed E-state index contributed by atoms with van der Waals surface area (Å²) in [5, 5.41) is 24.4. The van der Waals surface area contributed by atoms with Gasteiger partial charge in [0, 0.05) is 23.5 Å². The van der Waals surface area contributed by atoms with E-state index in [1.54, 1.807) is 25.3 Å². The third-order valence-electron chi connectivity index (χ3n) is 8.13. The van der Waals surface area contributed by atoms with Crippen LogP contribution in [0.15, 0.2) is 59.6 Å². The van der Waals surface area contributed by atoms with E-state index in [9.17, 15) is 32.2 Å². The molecule has 11 heteroatoms. The fourth-order valence-electron chi connectivity index (χ4n) is 6.06. The number of sulfone groups is 1. The zero-order valence-electron chi connectivity index (χ0n) is 20.9. The molecule has 0 radical (unpaired) electrons. The predicted molar refractivity (Wildman–Crippen MR) is 141 cm³/mol. The molecule has 2 aliphatic rings. The summed E-state index contributed by atoms with van der Waals surface area (Å²) in [6.07, 6.45) is 1.62. The van der Waals surface area contributed by atoms with Crippen LogP contribution in [0, 0.1) is 30.4 Å². The number of aromatic nitrogens is 1. The number of pyridine rings is 1. The Kier molecular flexibility index (Phi) is 7.26. The largest absolute Gasteiger partial charge is 0.386 e. The van der Waals surface area contributed by atoms with Crippen LogP contribution in [0.2, 0.25) is 5.02 Å². The van der Waals surface area contributed by atoms with Gasteiger partial charge in [0.05, 0.1) is 20.9 Å². The number of amides is 1. The summed E-state index contributed by atoms with van der Waals surface area (Å²) in [7, 11) is -4.04. The maximum absolute atomic E-state index is 13.8. The zero-order valence-corrected chi connectivity index (χ0v) is 22.5. The molecule has 2 fully saturated rings. The fourth-order valence-corrected chi connectivity index (χ4v) is 8.47. The molecular formula is C28H27ClF2N2O5S. The van der Waals surface area contributed by atoms with Crippen LogP contribution in [0.5, 0.6) is 0 Å². The van der Waals surface area contributed by atoms with Crippen LogP contribution in [-0.2, 0) is 9.84 Å². The monoisotopic (exact) mass is 576 g/mol. The summed E-state index contributed by atoms with van der Waals surface area (Å²) in [6, 6.07) is 10.2. The number of aryl methyl sites for hydroxylation is 1. The number of aliphatic hydroxyl groups excluding tert-OH is 1. The van der Waals surface area contributed by atoms with Gasteiger partial charge in [-0.15, -0.1) is 0 Å². The average Bonchev–Trinajstić information content (AvgIpc) is 3.06. The van der Waals surface area contributed by atoms with Crippen LogP contribution in [0.1, 0.15) is 53.4 Å². The first-order chi connectivity index (χ1) is 18.4. The third kappa shape index (κ3) is 4.84. The maximum atomic E-state index is 13.8. The van der Waals surface area contributed by atoms with E-state index >= 15 is 0 Å². The van der Waals surface area contributed by atoms with Crippen LogP contribution in [0.4, 0.5) is 14.5 Å². The molecule has 0 spiro atoms. The Labute approximate surface area is 229 Å². The number of nitrogens with zero attached hydrogens (tertiary/aromatic N) is 1. The molecule has 1 heterocycles. The quantitative estimate of drug-likeness (QED) is 0.380. The lowest BCUT2D eigenvalue weighted by Crippen LogP contribution is -2.52. The molecule has 0 saturated heterocycles. The molecule has 1 aromatic heterocycles. The van der Waals surface area contributed by atoms with E-state index in [4.69, 9.17) is 11.6 Å². The van der Waals surface area contributed by atoms with Crippen LogP contribution < -0.4 is 5.32 Å². The lowest BCUT2D eigenvalue weighted by Gasteiger charge is -2.45. The number of fused-ring (bicyclic) bond motifs is 2. The van der Waals surface area contributed by atoms with Gasteiger partial charge in [-0.2, -0.15) is 0 Å². The van der Waals surface area contributed by atoms with Gasteiger partial charge >= 0.3 is 0 Å². The van der Waals surface area contributed by atoms with Gasteiger partial charge < -0.3 is 15.5 Å². The smallest absolute Gasteiger partial charge is 0.255 e. The van der Waals surface area contributed by atoms with E-state index in [0.717, 1.165) is 17.7 Å². The van der Waals surface area contributed by atoms with E-state index in [1.807, 2.05) is 0 Å². The van der Waals surface area contributed by atoms with Gasteiger partial charge in [0.2, 0.25) is 0 Å². The molecule has 5 rings (SSSR count). The van der Waals surface area contributed by atoms with Crippen molar-refractivity contribution in [1.82, 2.24) is 4.98 Å². The van der Waals surface area contributed by atoms with Crippen molar-refractivity contribution in [2.75, 3.05) is 5.32 Å². The summed E-state index contributed by atoms with van der Waals surface area (Å²) in [4.78, 5) is 16.8. The summed E-state index contributed by atoms with van der Waals surface area (Å²) < 4.78 is 54.3. The van der Waals surface area contributed by atoms with Gasteiger partial charge in [-0.3, -0.25) is 9.78 Å². The van der Waals surface area contributed by atoms with Gasteiger partial charge in [0.15, 0.2) is 21.5 Å². The molecule has 2 aromatic carbocycles. The van der Waals surface area contributed by atoms with Crippen molar-refractivity contribution in [3.05, 3.63) is 88.2 Å². The van der Waals surface area contributed by atoms with Crippen LogP contribution in [0.25, 0.3) is 0 Å². The maximum Gasteiger partial charge on any atom is 0.255 e. The number of halogens is 3. The molecule has 3 unspecified atom stereocenters. The molecule has 0 aliphatic heterocycles. The molecule has 5 atom stereocenters. The Balaban J connectivity index is 1.39. The summed E-state index contributed by atoms with van der Waals surface area (Å²) in [5.74, 6) is -3.88. The molecular weight excluding hydrogens is 550 g/mol. The second-order valence-electron chi connectivity index (χ2n) is 10.3. The lowest BCUT2D eigenvalue weighted by atomic mass is 9.70. The highest BCUT2D eigenvalue weighted by Crippen LogP contribution is 2.56.